The van der Waals surface area contributed by atoms with Crippen molar-refractivity contribution in [3.63, 3.8) is 0 Å². The van der Waals surface area contributed by atoms with E-state index >= 15 is 0 Å². The average Bonchev–Trinajstić information content (AvgIpc) is 2.29. The zero-order valence-electron chi connectivity index (χ0n) is 10.1. The van der Waals surface area contributed by atoms with Gasteiger partial charge in [-0.25, -0.2) is 8.42 Å². The average molecular weight is 247 g/mol. The first-order valence-corrected chi connectivity index (χ1v) is 8.22. The highest BCUT2D eigenvalue weighted by molar-refractivity contribution is 7.88. The summed E-state index contributed by atoms with van der Waals surface area (Å²) in [6.07, 6.45) is 8.12. The zero-order valence-corrected chi connectivity index (χ0v) is 10.9. The molecule has 0 unspecified atom stereocenters. The second-order valence-corrected chi connectivity index (χ2v) is 7.14. The minimum atomic E-state index is -2.96. The van der Waals surface area contributed by atoms with E-state index in [1.807, 2.05) is 0 Å². The molecule has 0 aromatic heterocycles. The van der Waals surface area contributed by atoms with Gasteiger partial charge in [-0.3, -0.25) is 0 Å². The molecule has 0 aromatic carbocycles. The van der Waals surface area contributed by atoms with Crippen molar-refractivity contribution < 1.29 is 13.3 Å². The Kier molecular flexibility index (Phi) is 3.87. The highest BCUT2D eigenvalue weighted by atomic mass is 32.2. The lowest BCUT2D eigenvalue weighted by Gasteiger charge is -2.37. The molecule has 2 aliphatic rings. The molecule has 2 rings (SSSR count). The van der Waals surface area contributed by atoms with Crippen LogP contribution in [0.15, 0.2) is 0 Å². The molecule has 0 bridgehead atoms. The van der Waals surface area contributed by atoms with Gasteiger partial charge in [0.2, 0.25) is 10.0 Å². The number of hydrogen-bond acceptors (Lipinski definition) is 2. The van der Waals surface area contributed by atoms with E-state index in [2.05, 4.69) is 0 Å². The third-order valence-electron chi connectivity index (χ3n) is 4.02. The lowest BCUT2D eigenvalue weighted by molar-refractivity contribution is -0.930. The monoisotopic (exact) mass is 247 g/mol. The number of sulfonamides is 1. The van der Waals surface area contributed by atoms with Crippen molar-refractivity contribution in [2.45, 2.75) is 38.1 Å². The molecule has 0 atom stereocenters. The standard InChI is InChI=1S/C11H22N2O2S/c1-16(14,15)13-9-7-12(8-10-13)11-5-3-2-4-6-11/h11H,2-10H2,1H3/p+1. The first kappa shape index (κ1) is 12.3. The Bertz CT molecular complexity index is 315. The molecule has 16 heavy (non-hydrogen) atoms. The number of quaternary nitrogens is 1. The van der Waals surface area contributed by atoms with E-state index in [1.165, 1.54) is 38.4 Å². The van der Waals surface area contributed by atoms with Crippen molar-refractivity contribution in [2.24, 2.45) is 0 Å². The Labute approximate surface area is 98.7 Å². The summed E-state index contributed by atoms with van der Waals surface area (Å²) in [5.74, 6) is 0. The predicted octanol–water partition coefficient (Wildman–Crippen LogP) is -0.521. The van der Waals surface area contributed by atoms with Gasteiger partial charge >= 0.3 is 0 Å². The number of nitrogens with one attached hydrogen (secondary N) is 1. The Morgan fingerprint density at radius 3 is 2.12 bits per heavy atom. The van der Waals surface area contributed by atoms with Crippen molar-refractivity contribution in [1.82, 2.24) is 4.31 Å². The second kappa shape index (κ2) is 5.02. The van der Waals surface area contributed by atoms with E-state index in [9.17, 15) is 8.42 Å². The van der Waals surface area contributed by atoms with Gasteiger partial charge in [-0.15, -0.1) is 0 Å². The van der Waals surface area contributed by atoms with Gasteiger partial charge in [-0.1, -0.05) is 6.42 Å². The van der Waals surface area contributed by atoms with Crippen LogP contribution in [-0.2, 0) is 10.0 Å². The van der Waals surface area contributed by atoms with Crippen molar-refractivity contribution in [3.8, 4) is 0 Å². The molecule has 94 valence electrons. The summed E-state index contributed by atoms with van der Waals surface area (Å²) < 4.78 is 24.4. The van der Waals surface area contributed by atoms with Crippen molar-refractivity contribution in [3.05, 3.63) is 0 Å². The molecule has 0 amide bonds. The quantitative estimate of drug-likeness (QED) is 0.713. The van der Waals surface area contributed by atoms with Crippen molar-refractivity contribution in [2.75, 3.05) is 32.4 Å². The first-order chi connectivity index (χ1) is 7.57. The number of piperazine rings is 1. The fourth-order valence-electron chi connectivity index (χ4n) is 3.02. The van der Waals surface area contributed by atoms with Gasteiger partial charge in [0.15, 0.2) is 0 Å². The number of hydrogen-bond donors (Lipinski definition) is 1. The minimum Gasteiger partial charge on any atom is -0.330 e. The summed E-state index contributed by atoms with van der Waals surface area (Å²) in [5.41, 5.74) is 0. The van der Waals surface area contributed by atoms with E-state index in [1.54, 1.807) is 9.21 Å². The summed E-state index contributed by atoms with van der Waals surface area (Å²) in [4.78, 5) is 1.64. The van der Waals surface area contributed by atoms with Crippen LogP contribution >= 0.6 is 0 Å². The third kappa shape index (κ3) is 2.96. The van der Waals surface area contributed by atoms with Crippen molar-refractivity contribution >= 4 is 10.0 Å². The van der Waals surface area contributed by atoms with Gasteiger partial charge < -0.3 is 4.90 Å². The van der Waals surface area contributed by atoms with Crippen LogP contribution in [0.4, 0.5) is 0 Å². The van der Waals surface area contributed by atoms with Gasteiger partial charge in [0.1, 0.15) is 0 Å². The molecule has 5 heteroatoms. The van der Waals surface area contributed by atoms with E-state index in [0.29, 0.717) is 13.1 Å². The molecular weight excluding hydrogens is 224 g/mol. The van der Waals surface area contributed by atoms with Gasteiger partial charge in [-0.2, -0.15) is 4.31 Å². The van der Waals surface area contributed by atoms with Crippen LogP contribution in [0.1, 0.15) is 32.1 Å². The van der Waals surface area contributed by atoms with E-state index in [4.69, 9.17) is 0 Å². The SMILES string of the molecule is CS(=O)(=O)N1CC[NH+](C2CCCCC2)CC1. The van der Waals surface area contributed by atoms with Gasteiger partial charge in [-0.05, 0) is 25.7 Å². The van der Waals surface area contributed by atoms with E-state index in [-0.39, 0.29) is 0 Å². The molecule has 1 saturated heterocycles. The maximum absolute atomic E-state index is 11.4. The fourth-order valence-corrected chi connectivity index (χ4v) is 3.87. The first-order valence-electron chi connectivity index (χ1n) is 6.37. The molecule has 0 radical (unpaired) electrons. The van der Waals surface area contributed by atoms with Crippen LogP contribution in [-0.4, -0.2) is 51.2 Å². The molecule has 1 aliphatic heterocycles. The lowest BCUT2D eigenvalue weighted by Crippen LogP contribution is -3.18. The topological polar surface area (TPSA) is 41.8 Å². The van der Waals surface area contributed by atoms with Crippen LogP contribution in [0, 0.1) is 0 Å². The predicted molar refractivity (Wildman–Crippen MR) is 64.0 cm³/mol. The maximum atomic E-state index is 11.4. The zero-order chi connectivity index (χ0) is 11.6. The van der Waals surface area contributed by atoms with Crippen LogP contribution in [0.5, 0.6) is 0 Å². The van der Waals surface area contributed by atoms with Gasteiger partial charge in [0.25, 0.3) is 0 Å². The number of rotatable bonds is 2. The minimum absolute atomic E-state index is 0.713. The van der Waals surface area contributed by atoms with Gasteiger partial charge in [0.05, 0.1) is 38.5 Å². The maximum Gasteiger partial charge on any atom is 0.211 e. The highest BCUT2D eigenvalue weighted by Gasteiger charge is 2.31. The Morgan fingerprint density at radius 2 is 1.62 bits per heavy atom. The summed E-state index contributed by atoms with van der Waals surface area (Å²) in [5, 5.41) is 0. The number of nitrogens with zero attached hydrogens (tertiary/aromatic N) is 1. The van der Waals surface area contributed by atoms with Gasteiger partial charge in [0, 0.05) is 0 Å². The summed E-state index contributed by atoms with van der Waals surface area (Å²) in [6.45, 7) is 3.42. The van der Waals surface area contributed by atoms with Crippen LogP contribution < -0.4 is 4.90 Å². The summed E-state index contributed by atoms with van der Waals surface area (Å²) >= 11 is 0. The lowest BCUT2D eigenvalue weighted by atomic mass is 9.94. The fraction of sp³-hybridized carbons (Fsp3) is 1.00. The normalized spacial score (nSPS) is 27.1. The Balaban J connectivity index is 1.85. The molecule has 1 N–H and O–H groups in total. The van der Waals surface area contributed by atoms with Crippen LogP contribution in [0.2, 0.25) is 0 Å². The third-order valence-corrected chi connectivity index (χ3v) is 5.32. The Morgan fingerprint density at radius 1 is 1.06 bits per heavy atom. The summed E-state index contributed by atoms with van der Waals surface area (Å²) in [6, 6.07) is 0.801. The van der Waals surface area contributed by atoms with Crippen molar-refractivity contribution in [1.29, 1.82) is 0 Å². The molecule has 1 aliphatic carbocycles. The molecule has 4 nitrogen and oxygen atoms in total. The molecule has 0 spiro atoms. The largest absolute Gasteiger partial charge is 0.330 e. The molecule has 1 heterocycles. The molecular formula is C11H23N2O2S+. The highest BCUT2D eigenvalue weighted by Crippen LogP contribution is 2.15. The smallest absolute Gasteiger partial charge is 0.211 e. The molecule has 0 aromatic rings. The molecule has 2 fully saturated rings. The molecule has 1 saturated carbocycles. The summed E-state index contributed by atoms with van der Waals surface area (Å²) in [7, 11) is -2.96. The van der Waals surface area contributed by atoms with Crippen LogP contribution in [0.25, 0.3) is 0 Å². The van der Waals surface area contributed by atoms with E-state index in [0.717, 1.165) is 19.1 Å². The Hall–Kier alpha value is -0.130. The van der Waals surface area contributed by atoms with Crippen LogP contribution in [0.3, 0.4) is 0 Å². The second-order valence-electron chi connectivity index (χ2n) is 5.16. The van der Waals surface area contributed by atoms with E-state index < -0.39 is 10.0 Å².